The summed E-state index contributed by atoms with van der Waals surface area (Å²) in [7, 11) is 0. The molecule has 0 aromatic heterocycles. The summed E-state index contributed by atoms with van der Waals surface area (Å²) in [5.41, 5.74) is -1.18. The van der Waals surface area contributed by atoms with Crippen molar-refractivity contribution in [3.05, 3.63) is 12.2 Å². The van der Waals surface area contributed by atoms with E-state index in [0.717, 1.165) is 6.42 Å². The van der Waals surface area contributed by atoms with Crippen LogP contribution in [0, 0.1) is 17.8 Å². The molecule has 0 aromatic rings. The minimum atomic E-state index is -0.882. The van der Waals surface area contributed by atoms with Crippen LogP contribution in [0.5, 0.6) is 0 Å². The van der Waals surface area contributed by atoms with Crippen molar-refractivity contribution in [1.29, 1.82) is 0 Å². The quantitative estimate of drug-likeness (QED) is 0.514. The predicted molar refractivity (Wildman–Crippen MR) is 69.2 cm³/mol. The summed E-state index contributed by atoms with van der Waals surface area (Å²) in [5.74, 6) is -0.606. The average molecular weight is 266 g/mol. The van der Waals surface area contributed by atoms with E-state index in [1.807, 2.05) is 6.92 Å². The molecule has 0 aromatic carbocycles. The Bertz CT molecular complexity index is 437. The van der Waals surface area contributed by atoms with Crippen LogP contribution in [0.25, 0.3) is 0 Å². The molecule has 19 heavy (non-hydrogen) atoms. The Kier molecular flexibility index (Phi) is 2.64. The van der Waals surface area contributed by atoms with Crippen LogP contribution in [0.4, 0.5) is 0 Å². The lowest BCUT2D eigenvalue weighted by Crippen LogP contribution is -2.46. The van der Waals surface area contributed by atoms with Crippen molar-refractivity contribution in [2.24, 2.45) is 17.8 Å². The van der Waals surface area contributed by atoms with E-state index < -0.39 is 11.2 Å². The molecule has 2 saturated carbocycles. The lowest BCUT2D eigenvalue weighted by molar-refractivity contribution is -0.150. The van der Waals surface area contributed by atoms with Gasteiger partial charge in [-0.05, 0) is 45.4 Å². The zero-order valence-electron chi connectivity index (χ0n) is 11.6. The molecule has 6 atom stereocenters. The molecule has 1 heterocycles. The Morgan fingerprint density at radius 2 is 1.84 bits per heavy atom. The lowest BCUT2D eigenvalue weighted by atomic mass is 9.74. The summed E-state index contributed by atoms with van der Waals surface area (Å²) in [5, 5.41) is 21.3. The van der Waals surface area contributed by atoms with E-state index in [4.69, 9.17) is 4.74 Å². The van der Waals surface area contributed by atoms with Crippen LogP contribution in [0.3, 0.4) is 0 Å². The summed E-state index contributed by atoms with van der Waals surface area (Å²) < 4.78 is 5.49. The lowest BCUT2D eigenvalue weighted by Gasteiger charge is -2.37. The topological polar surface area (TPSA) is 66.8 Å². The molecule has 106 valence electrons. The first-order valence-corrected chi connectivity index (χ1v) is 7.08. The molecule has 3 rings (SSSR count). The number of aliphatic hydroxyl groups is 2. The van der Waals surface area contributed by atoms with Gasteiger partial charge in [0.2, 0.25) is 0 Å². The van der Waals surface area contributed by atoms with Gasteiger partial charge in [0.05, 0.1) is 11.2 Å². The van der Waals surface area contributed by atoms with Crippen molar-refractivity contribution < 1.29 is 19.7 Å². The van der Waals surface area contributed by atoms with E-state index in [-0.39, 0.29) is 29.8 Å². The highest BCUT2D eigenvalue weighted by Crippen LogP contribution is 2.55. The molecule has 3 fully saturated rings. The minimum absolute atomic E-state index is 0.0174. The molecule has 4 heteroatoms. The highest BCUT2D eigenvalue weighted by atomic mass is 16.6. The SMILES string of the molecule is C=C1C(=O)O[C@@H]2[C@H]3[C@@H](CC[C@@]3(C)O)[C@](C)(O)CC[C@@H]12. The van der Waals surface area contributed by atoms with Gasteiger partial charge in [0, 0.05) is 17.4 Å². The van der Waals surface area contributed by atoms with E-state index in [1.54, 1.807) is 6.92 Å². The second-order valence-corrected chi connectivity index (χ2v) is 6.93. The number of carbonyl (C=O) groups is 1. The smallest absolute Gasteiger partial charge is 0.334 e. The third kappa shape index (κ3) is 1.77. The standard InChI is InChI=1S/C15H22O4/c1-8-9-4-6-14(2,17)10-5-7-15(3,18)11(10)12(9)19-13(8)16/h9-12,17-18H,1,4-7H2,2-3H3/t9-,10+,11+,12-,14+,15+/m0/s1. The summed E-state index contributed by atoms with van der Waals surface area (Å²) in [6.07, 6.45) is 2.42. The molecule has 0 bridgehead atoms. The van der Waals surface area contributed by atoms with Gasteiger partial charge < -0.3 is 14.9 Å². The zero-order valence-corrected chi connectivity index (χ0v) is 11.6. The van der Waals surface area contributed by atoms with Gasteiger partial charge in [0.1, 0.15) is 6.10 Å². The minimum Gasteiger partial charge on any atom is -0.458 e. The van der Waals surface area contributed by atoms with Crippen LogP contribution < -0.4 is 0 Å². The second kappa shape index (κ2) is 3.83. The Balaban J connectivity index is 2.04. The summed E-state index contributed by atoms with van der Waals surface area (Å²) in [6, 6.07) is 0. The summed E-state index contributed by atoms with van der Waals surface area (Å²) >= 11 is 0. The van der Waals surface area contributed by atoms with Gasteiger partial charge in [0.15, 0.2) is 0 Å². The van der Waals surface area contributed by atoms with E-state index in [2.05, 4.69) is 6.58 Å². The van der Waals surface area contributed by atoms with Gasteiger partial charge in [-0.2, -0.15) is 0 Å². The van der Waals surface area contributed by atoms with Gasteiger partial charge in [0.25, 0.3) is 0 Å². The second-order valence-electron chi connectivity index (χ2n) is 6.93. The van der Waals surface area contributed by atoms with Crippen LogP contribution in [0.2, 0.25) is 0 Å². The molecule has 0 radical (unpaired) electrons. The maximum absolute atomic E-state index is 11.7. The number of hydrogen-bond donors (Lipinski definition) is 2. The summed E-state index contributed by atoms with van der Waals surface area (Å²) in [4.78, 5) is 11.7. The molecule has 4 nitrogen and oxygen atoms in total. The Hall–Kier alpha value is -0.870. The largest absolute Gasteiger partial charge is 0.458 e. The molecular formula is C15H22O4. The Morgan fingerprint density at radius 3 is 2.53 bits per heavy atom. The van der Waals surface area contributed by atoms with Gasteiger partial charge in [-0.1, -0.05) is 6.58 Å². The maximum Gasteiger partial charge on any atom is 0.334 e. The molecule has 0 spiro atoms. The van der Waals surface area contributed by atoms with Crippen molar-refractivity contribution in [2.75, 3.05) is 0 Å². The highest BCUT2D eigenvalue weighted by Gasteiger charge is 2.60. The molecule has 3 aliphatic rings. The fraction of sp³-hybridized carbons (Fsp3) is 0.800. The Labute approximate surface area is 113 Å². The first-order valence-electron chi connectivity index (χ1n) is 7.08. The summed E-state index contributed by atoms with van der Waals surface area (Å²) in [6.45, 7) is 7.47. The number of esters is 1. The van der Waals surface area contributed by atoms with Crippen LogP contribution in [0.1, 0.15) is 39.5 Å². The van der Waals surface area contributed by atoms with Crippen molar-refractivity contribution in [3.8, 4) is 0 Å². The number of hydrogen-bond acceptors (Lipinski definition) is 4. The highest BCUT2D eigenvalue weighted by molar-refractivity contribution is 5.90. The molecule has 2 N–H and O–H groups in total. The number of ether oxygens (including phenoxy) is 1. The van der Waals surface area contributed by atoms with E-state index >= 15 is 0 Å². The van der Waals surface area contributed by atoms with Crippen LogP contribution >= 0.6 is 0 Å². The van der Waals surface area contributed by atoms with Gasteiger partial charge in [-0.25, -0.2) is 4.79 Å². The maximum atomic E-state index is 11.7. The van der Waals surface area contributed by atoms with Gasteiger partial charge >= 0.3 is 5.97 Å². The van der Waals surface area contributed by atoms with Gasteiger partial charge in [-0.15, -0.1) is 0 Å². The number of carbonyl (C=O) groups excluding carboxylic acids is 1. The van der Waals surface area contributed by atoms with E-state index in [0.29, 0.717) is 24.8 Å². The van der Waals surface area contributed by atoms with Crippen molar-refractivity contribution in [2.45, 2.75) is 56.8 Å². The van der Waals surface area contributed by atoms with Crippen LogP contribution in [0.15, 0.2) is 12.2 Å². The fourth-order valence-electron chi connectivity index (χ4n) is 4.43. The third-order valence-corrected chi connectivity index (χ3v) is 5.58. The molecular weight excluding hydrogens is 244 g/mol. The van der Waals surface area contributed by atoms with Crippen molar-refractivity contribution in [3.63, 3.8) is 0 Å². The van der Waals surface area contributed by atoms with E-state index in [1.165, 1.54) is 0 Å². The average Bonchev–Trinajstić information content (AvgIpc) is 2.71. The van der Waals surface area contributed by atoms with Crippen molar-refractivity contribution >= 4 is 5.97 Å². The molecule has 1 saturated heterocycles. The van der Waals surface area contributed by atoms with E-state index in [9.17, 15) is 15.0 Å². The molecule has 2 aliphatic carbocycles. The first-order chi connectivity index (χ1) is 8.74. The third-order valence-electron chi connectivity index (χ3n) is 5.58. The van der Waals surface area contributed by atoms with Crippen molar-refractivity contribution in [1.82, 2.24) is 0 Å². The zero-order chi connectivity index (χ0) is 14.0. The number of fused-ring (bicyclic) bond motifs is 3. The van der Waals surface area contributed by atoms with Crippen LogP contribution in [-0.4, -0.2) is 33.5 Å². The van der Waals surface area contributed by atoms with Gasteiger partial charge in [-0.3, -0.25) is 0 Å². The fourth-order valence-corrected chi connectivity index (χ4v) is 4.43. The Morgan fingerprint density at radius 1 is 1.21 bits per heavy atom. The van der Waals surface area contributed by atoms with Crippen LogP contribution in [-0.2, 0) is 9.53 Å². The molecule has 0 amide bonds. The normalized spacial score (nSPS) is 53.5. The molecule has 0 unspecified atom stereocenters. The first kappa shape index (κ1) is 13.1. The predicted octanol–water partition coefficient (Wildman–Crippen LogP) is 1.41. The number of rotatable bonds is 0. The molecule has 1 aliphatic heterocycles. The monoisotopic (exact) mass is 266 g/mol.